The summed E-state index contributed by atoms with van der Waals surface area (Å²) in [6, 6.07) is 3.72. The van der Waals surface area contributed by atoms with Crippen molar-refractivity contribution in [2.75, 3.05) is 0 Å². The van der Waals surface area contributed by atoms with Gasteiger partial charge in [0.1, 0.15) is 0 Å². The van der Waals surface area contributed by atoms with Crippen LogP contribution in [0.3, 0.4) is 0 Å². The second-order valence-electron chi connectivity index (χ2n) is 2.25. The molecular formula is C9H10NO+. The summed E-state index contributed by atoms with van der Waals surface area (Å²) in [6.45, 7) is 0.610. The molecule has 56 valence electrons. The van der Waals surface area contributed by atoms with E-state index in [0.29, 0.717) is 6.54 Å². The van der Waals surface area contributed by atoms with E-state index in [-0.39, 0.29) is 6.61 Å². The molecule has 0 bridgehead atoms. The van der Waals surface area contributed by atoms with Crippen molar-refractivity contribution in [1.29, 1.82) is 0 Å². The van der Waals surface area contributed by atoms with E-state index in [9.17, 15) is 0 Å². The maximum atomic E-state index is 8.77. The third-order valence-electron chi connectivity index (χ3n) is 1.38. The van der Waals surface area contributed by atoms with Crippen LogP contribution in [-0.4, -0.2) is 5.11 Å². The number of pyridine rings is 1. The van der Waals surface area contributed by atoms with Crippen LogP contribution in [0.5, 0.6) is 0 Å². The Hall–Kier alpha value is -1.33. The molecule has 0 aliphatic rings. The Labute approximate surface area is 66.1 Å². The minimum absolute atomic E-state index is 0.0609. The number of aliphatic hydroxyl groups is 1. The van der Waals surface area contributed by atoms with E-state index in [1.165, 1.54) is 0 Å². The average molecular weight is 148 g/mol. The van der Waals surface area contributed by atoms with Gasteiger partial charge in [-0.25, -0.2) is 0 Å². The van der Waals surface area contributed by atoms with E-state index in [4.69, 9.17) is 11.5 Å². The Morgan fingerprint density at radius 1 is 1.64 bits per heavy atom. The minimum Gasteiger partial charge on any atom is -0.391 e. The predicted octanol–water partition coefficient (Wildman–Crippen LogP) is 0.0996. The van der Waals surface area contributed by atoms with Gasteiger partial charge in [0.05, 0.1) is 6.61 Å². The summed E-state index contributed by atoms with van der Waals surface area (Å²) >= 11 is 0. The highest BCUT2D eigenvalue weighted by Crippen LogP contribution is 1.91. The van der Waals surface area contributed by atoms with Crippen molar-refractivity contribution in [3.63, 3.8) is 0 Å². The maximum Gasteiger partial charge on any atom is 0.208 e. The van der Waals surface area contributed by atoms with Gasteiger partial charge in [-0.1, -0.05) is 0 Å². The molecule has 0 aromatic carbocycles. The Morgan fingerprint density at radius 2 is 2.45 bits per heavy atom. The number of hydrogen-bond donors (Lipinski definition) is 1. The Morgan fingerprint density at radius 3 is 3.09 bits per heavy atom. The molecule has 0 fully saturated rings. The van der Waals surface area contributed by atoms with Crippen LogP contribution < -0.4 is 4.57 Å². The van der Waals surface area contributed by atoms with Gasteiger partial charge in [0.15, 0.2) is 12.4 Å². The van der Waals surface area contributed by atoms with E-state index >= 15 is 0 Å². The van der Waals surface area contributed by atoms with Crippen LogP contribution in [0.15, 0.2) is 24.5 Å². The van der Waals surface area contributed by atoms with Crippen LogP contribution in [-0.2, 0) is 13.2 Å². The highest BCUT2D eigenvalue weighted by molar-refractivity contribution is 5.03. The molecule has 1 rings (SSSR count). The van der Waals surface area contributed by atoms with E-state index in [1.54, 1.807) is 0 Å². The first-order valence-corrected chi connectivity index (χ1v) is 3.39. The molecule has 2 nitrogen and oxygen atoms in total. The first-order chi connectivity index (χ1) is 5.36. The fourth-order valence-corrected chi connectivity index (χ4v) is 0.874. The third-order valence-corrected chi connectivity index (χ3v) is 1.38. The Kier molecular flexibility index (Phi) is 2.65. The van der Waals surface area contributed by atoms with Gasteiger partial charge in [0, 0.05) is 11.6 Å². The zero-order valence-electron chi connectivity index (χ0n) is 6.20. The van der Waals surface area contributed by atoms with E-state index in [2.05, 4.69) is 5.92 Å². The molecule has 0 saturated carbocycles. The molecule has 1 aromatic heterocycles. The number of aromatic nitrogens is 1. The fraction of sp³-hybridized carbons (Fsp3) is 0.222. The van der Waals surface area contributed by atoms with Gasteiger partial charge in [-0.05, 0) is 12.0 Å². The van der Waals surface area contributed by atoms with Crippen LogP contribution in [0.2, 0.25) is 0 Å². The lowest BCUT2D eigenvalue weighted by Crippen LogP contribution is -2.32. The van der Waals surface area contributed by atoms with Crippen molar-refractivity contribution in [3.05, 3.63) is 30.1 Å². The lowest BCUT2D eigenvalue weighted by atomic mass is 10.3. The Balaban J connectivity index is 2.84. The van der Waals surface area contributed by atoms with Crippen LogP contribution in [0.1, 0.15) is 5.56 Å². The fourth-order valence-electron chi connectivity index (χ4n) is 0.874. The summed E-state index contributed by atoms with van der Waals surface area (Å²) in [6.07, 6.45) is 8.83. The lowest BCUT2D eigenvalue weighted by molar-refractivity contribution is -0.685. The molecule has 2 heteroatoms. The molecule has 0 unspecified atom stereocenters. The summed E-state index contributed by atoms with van der Waals surface area (Å²) in [7, 11) is 0. The highest BCUT2D eigenvalue weighted by Gasteiger charge is 1.97. The lowest BCUT2D eigenvalue weighted by Gasteiger charge is -1.92. The van der Waals surface area contributed by atoms with Crippen molar-refractivity contribution >= 4 is 0 Å². The quantitative estimate of drug-likeness (QED) is 0.467. The van der Waals surface area contributed by atoms with Crippen LogP contribution in [0.25, 0.3) is 0 Å². The average Bonchev–Trinajstić information content (AvgIpc) is 2.06. The molecule has 0 radical (unpaired) electrons. The number of terminal acetylenes is 1. The van der Waals surface area contributed by atoms with Gasteiger partial charge in [-0.2, -0.15) is 4.57 Å². The molecule has 1 aromatic rings. The molecular weight excluding hydrogens is 138 g/mol. The van der Waals surface area contributed by atoms with Gasteiger partial charge in [-0.15, -0.1) is 6.42 Å². The van der Waals surface area contributed by atoms with E-state index in [0.717, 1.165) is 5.56 Å². The molecule has 0 saturated heterocycles. The van der Waals surface area contributed by atoms with E-state index in [1.807, 2.05) is 29.1 Å². The van der Waals surface area contributed by atoms with Crippen molar-refractivity contribution in [2.24, 2.45) is 0 Å². The number of hydrogen-bond acceptors (Lipinski definition) is 1. The highest BCUT2D eigenvalue weighted by atomic mass is 16.3. The van der Waals surface area contributed by atoms with Gasteiger partial charge >= 0.3 is 0 Å². The van der Waals surface area contributed by atoms with Gasteiger partial charge in [-0.3, -0.25) is 0 Å². The zero-order chi connectivity index (χ0) is 8.10. The molecule has 0 spiro atoms. The van der Waals surface area contributed by atoms with Crippen LogP contribution in [0, 0.1) is 12.3 Å². The monoisotopic (exact) mass is 148 g/mol. The number of nitrogens with zero attached hydrogens (tertiary/aromatic N) is 1. The number of aliphatic hydroxyl groups excluding tert-OH is 1. The van der Waals surface area contributed by atoms with Crippen molar-refractivity contribution in [2.45, 2.75) is 13.2 Å². The molecule has 0 aliphatic heterocycles. The summed E-state index contributed by atoms with van der Waals surface area (Å²) in [4.78, 5) is 0. The Bertz CT molecular complexity index is 275. The minimum atomic E-state index is 0.0609. The molecule has 0 atom stereocenters. The molecule has 1 heterocycles. The summed E-state index contributed by atoms with van der Waals surface area (Å²) < 4.78 is 1.85. The molecule has 0 amide bonds. The first kappa shape index (κ1) is 7.77. The normalized spacial score (nSPS) is 9.09. The van der Waals surface area contributed by atoms with Gasteiger partial charge in [0.25, 0.3) is 0 Å². The van der Waals surface area contributed by atoms with Crippen LogP contribution >= 0.6 is 0 Å². The zero-order valence-corrected chi connectivity index (χ0v) is 6.20. The molecule has 1 N–H and O–H groups in total. The smallest absolute Gasteiger partial charge is 0.208 e. The topological polar surface area (TPSA) is 24.1 Å². The molecule has 11 heavy (non-hydrogen) atoms. The SMILES string of the molecule is C#CC[n+]1cccc(CO)c1. The molecule has 0 aliphatic carbocycles. The predicted molar refractivity (Wildman–Crippen MR) is 41.4 cm³/mol. The van der Waals surface area contributed by atoms with E-state index < -0.39 is 0 Å². The summed E-state index contributed by atoms with van der Waals surface area (Å²) in [5, 5.41) is 8.77. The van der Waals surface area contributed by atoms with Crippen molar-refractivity contribution in [1.82, 2.24) is 0 Å². The number of rotatable bonds is 2. The standard InChI is InChI=1S/C9H10NO/c1-2-5-10-6-3-4-9(7-10)8-11/h1,3-4,6-7,11H,5,8H2/q+1. The maximum absolute atomic E-state index is 8.77. The summed E-state index contributed by atoms with van der Waals surface area (Å²) in [5.41, 5.74) is 0.878. The van der Waals surface area contributed by atoms with Gasteiger partial charge in [0.2, 0.25) is 6.54 Å². The second-order valence-corrected chi connectivity index (χ2v) is 2.25. The second kappa shape index (κ2) is 3.75. The summed E-state index contributed by atoms with van der Waals surface area (Å²) in [5.74, 6) is 2.52. The third kappa shape index (κ3) is 2.06. The van der Waals surface area contributed by atoms with Crippen molar-refractivity contribution < 1.29 is 9.67 Å². The van der Waals surface area contributed by atoms with Crippen molar-refractivity contribution in [3.8, 4) is 12.3 Å². The van der Waals surface area contributed by atoms with Gasteiger partial charge < -0.3 is 5.11 Å². The van der Waals surface area contributed by atoms with Crippen LogP contribution in [0.4, 0.5) is 0 Å². The first-order valence-electron chi connectivity index (χ1n) is 3.39. The largest absolute Gasteiger partial charge is 0.391 e.